The highest BCUT2D eigenvalue weighted by Crippen LogP contribution is 2.35. The molecule has 1 saturated carbocycles. The van der Waals surface area contributed by atoms with Gasteiger partial charge in [0.25, 0.3) is 17.7 Å². The van der Waals surface area contributed by atoms with Crippen LogP contribution in [0.1, 0.15) is 93.7 Å². The normalized spacial score (nSPS) is 21.5. The second kappa shape index (κ2) is 15.9. The topological polar surface area (TPSA) is 236 Å². The summed E-state index contributed by atoms with van der Waals surface area (Å²) in [5.74, 6) is -3.09. The summed E-state index contributed by atoms with van der Waals surface area (Å²) in [6, 6.07) is 3.37. The Morgan fingerprint density at radius 1 is 1.08 bits per heavy atom. The SMILES string of the molecule is CNS(=O)(=O)c1ccc(C(=O)/N=C(\CC2CCCCC2)C(=O)N2C[C@@H](n3nncc3C(C)(C)O)C[C@H]2C(=O)NC2(C(=O)C(N)=O)CCSCC2)cc1. The number of nitrogens with one attached hydrogen (secondary N) is 2. The molecule has 3 fully saturated rings. The molecular formula is C34H46N8O8S2. The Morgan fingerprint density at radius 3 is 2.33 bits per heavy atom. The lowest BCUT2D eigenvalue weighted by Gasteiger charge is -2.37. The third kappa shape index (κ3) is 8.61. The quantitative estimate of drug-likeness (QED) is 0.178. The van der Waals surface area contributed by atoms with Crippen molar-refractivity contribution in [1.82, 2.24) is 29.9 Å². The third-order valence-electron chi connectivity index (χ3n) is 10.1. The number of carbonyl (C=O) groups excluding carboxylic acids is 5. The van der Waals surface area contributed by atoms with E-state index in [1.165, 1.54) is 47.1 Å². The molecule has 52 heavy (non-hydrogen) atoms. The van der Waals surface area contributed by atoms with Crippen molar-refractivity contribution in [2.75, 3.05) is 25.1 Å². The molecule has 3 aliphatic rings. The highest BCUT2D eigenvalue weighted by Gasteiger charge is 2.49. The number of ketones is 1. The molecule has 3 heterocycles. The zero-order valence-electron chi connectivity index (χ0n) is 29.5. The van der Waals surface area contributed by atoms with Gasteiger partial charge in [0, 0.05) is 18.5 Å². The van der Waals surface area contributed by atoms with Gasteiger partial charge in [-0.05, 0) is 81.8 Å². The van der Waals surface area contributed by atoms with Crippen LogP contribution in [0, 0.1) is 5.92 Å². The average molecular weight is 759 g/mol. The minimum atomic E-state index is -3.75. The van der Waals surface area contributed by atoms with Crippen molar-refractivity contribution in [2.45, 2.75) is 99.8 Å². The van der Waals surface area contributed by atoms with Crippen molar-refractivity contribution >= 4 is 56.9 Å². The number of rotatable bonds is 12. The van der Waals surface area contributed by atoms with Crippen molar-refractivity contribution < 1.29 is 37.5 Å². The summed E-state index contributed by atoms with van der Waals surface area (Å²) >= 11 is 1.58. The number of primary amides is 1. The first-order valence-electron chi connectivity index (χ1n) is 17.4. The van der Waals surface area contributed by atoms with Gasteiger partial charge in [-0.2, -0.15) is 11.8 Å². The molecule has 2 atom stereocenters. The lowest BCUT2D eigenvalue weighted by Crippen LogP contribution is -2.63. The van der Waals surface area contributed by atoms with E-state index in [4.69, 9.17) is 5.73 Å². The van der Waals surface area contributed by atoms with Crippen LogP contribution in [0.2, 0.25) is 0 Å². The van der Waals surface area contributed by atoms with Crippen LogP contribution in [0.25, 0.3) is 0 Å². The van der Waals surface area contributed by atoms with E-state index in [0.717, 1.165) is 32.1 Å². The molecule has 0 bridgehead atoms. The van der Waals surface area contributed by atoms with Gasteiger partial charge in [-0.1, -0.05) is 37.3 Å². The van der Waals surface area contributed by atoms with Gasteiger partial charge in [0.1, 0.15) is 22.9 Å². The van der Waals surface area contributed by atoms with E-state index in [2.05, 4.69) is 25.3 Å². The number of likely N-dealkylation sites (tertiary alicyclic amines) is 1. The summed E-state index contributed by atoms with van der Waals surface area (Å²) in [6.07, 6.45) is 6.58. The Labute approximate surface area is 306 Å². The van der Waals surface area contributed by atoms with Crippen molar-refractivity contribution in [3.05, 3.63) is 41.7 Å². The van der Waals surface area contributed by atoms with Gasteiger partial charge in [0.2, 0.25) is 21.7 Å². The molecule has 282 valence electrons. The number of sulfonamides is 1. The Hall–Kier alpha value is -4.00. The number of thioether (sulfide) groups is 1. The minimum Gasteiger partial charge on any atom is -0.384 e. The molecule has 1 aromatic carbocycles. The van der Waals surface area contributed by atoms with Gasteiger partial charge < -0.3 is 21.1 Å². The molecule has 2 saturated heterocycles. The number of benzene rings is 1. The van der Waals surface area contributed by atoms with Crippen LogP contribution in [0.15, 0.2) is 40.4 Å². The van der Waals surface area contributed by atoms with E-state index >= 15 is 0 Å². The Balaban J connectivity index is 1.52. The van der Waals surface area contributed by atoms with Crippen LogP contribution in [-0.2, 0) is 34.8 Å². The molecule has 1 aliphatic carbocycles. The predicted molar refractivity (Wildman–Crippen MR) is 192 cm³/mol. The Kier molecular flexibility index (Phi) is 12.0. The van der Waals surface area contributed by atoms with E-state index in [1.54, 1.807) is 25.6 Å². The van der Waals surface area contributed by atoms with Crippen molar-refractivity contribution in [2.24, 2.45) is 16.6 Å². The molecule has 0 spiro atoms. The monoisotopic (exact) mass is 758 g/mol. The van der Waals surface area contributed by atoms with Crippen LogP contribution < -0.4 is 15.8 Å². The second-order valence-electron chi connectivity index (χ2n) is 14.2. The standard InChI is InChI=1S/C34H46N8O8S2/c1-33(2,48)27-19-37-40-42(27)23-18-26(31(46)39-34(28(43)29(35)44)13-15-51-16-14-34)41(20-23)32(47)25(17-21-7-5-4-6-8-21)38-30(45)22-9-11-24(12-10-22)52(49,50)36-3/h9-12,19,21,23,26,36,48H,4-8,13-18,20H2,1-3H3,(H2,35,44)(H,39,46)/b38-25+/t23-,26-/m0/s1. The molecule has 2 aromatic rings. The molecule has 0 unspecified atom stereocenters. The molecule has 2 aliphatic heterocycles. The lowest BCUT2D eigenvalue weighted by molar-refractivity contribution is -0.143. The fraction of sp³-hybridized carbons (Fsp3) is 0.588. The molecule has 5 N–H and O–H groups in total. The fourth-order valence-electron chi connectivity index (χ4n) is 7.19. The summed E-state index contributed by atoms with van der Waals surface area (Å²) in [4.78, 5) is 73.4. The zero-order chi connectivity index (χ0) is 37.8. The van der Waals surface area contributed by atoms with Gasteiger partial charge in [-0.25, -0.2) is 22.8 Å². The summed E-state index contributed by atoms with van der Waals surface area (Å²) in [7, 11) is -2.48. The fourth-order valence-corrected chi connectivity index (χ4v) is 9.11. The maximum Gasteiger partial charge on any atom is 0.287 e. The summed E-state index contributed by atoms with van der Waals surface area (Å²) in [5, 5.41) is 21.8. The molecule has 0 radical (unpaired) electrons. The summed E-state index contributed by atoms with van der Waals surface area (Å²) in [6.45, 7) is 3.06. The number of Topliss-reactive ketones (excluding diaryl/α,β-unsaturated/α-hetero) is 1. The van der Waals surface area contributed by atoms with E-state index in [9.17, 15) is 37.5 Å². The van der Waals surface area contributed by atoms with Gasteiger partial charge in [0.15, 0.2) is 0 Å². The number of aliphatic hydroxyl groups is 1. The second-order valence-corrected chi connectivity index (χ2v) is 17.3. The highest BCUT2D eigenvalue weighted by atomic mass is 32.2. The first-order chi connectivity index (χ1) is 24.6. The Bertz CT molecular complexity index is 1830. The lowest BCUT2D eigenvalue weighted by atomic mass is 9.85. The largest absolute Gasteiger partial charge is 0.384 e. The number of aromatic nitrogens is 3. The molecule has 16 nitrogen and oxygen atoms in total. The van der Waals surface area contributed by atoms with Gasteiger partial charge in [-0.15, -0.1) is 5.10 Å². The smallest absolute Gasteiger partial charge is 0.287 e. The van der Waals surface area contributed by atoms with Crippen molar-refractivity contribution in [3.8, 4) is 0 Å². The van der Waals surface area contributed by atoms with Crippen LogP contribution >= 0.6 is 11.8 Å². The molecule has 4 amide bonds. The maximum absolute atomic E-state index is 14.7. The molecule has 5 rings (SSSR count). The summed E-state index contributed by atoms with van der Waals surface area (Å²) < 4.78 is 28.2. The number of amides is 4. The van der Waals surface area contributed by atoms with Crippen LogP contribution in [0.4, 0.5) is 0 Å². The van der Waals surface area contributed by atoms with Gasteiger partial charge in [0.05, 0.1) is 22.8 Å². The summed E-state index contributed by atoms with van der Waals surface area (Å²) in [5.41, 5.74) is 2.89. The number of nitrogens with zero attached hydrogens (tertiary/aromatic N) is 5. The maximum atomic E-state index is 14.7. The number of nitrogens with two attached hydrogens (primary N) is 1. The van der Waals surface area contributed by atoms with E-state index < -0.39 is 62.7 Å². The Morgan fingerprint density at radius 2 is 1.73 bits per heavy atom. The molecule has 18 heteroatoms. The van der Waals surface area contributed by atoms with Crippen LogP contribution in [-0.4, -0.2) is 105 Å². The van der Waals surface area contributed by atoms with Gasteiger partial charge in [-0.3, -0.25) is 24.0 Å². The first kappa shape index (κ1) is 39.2. The number of aliphatic imine (C=N–C) groups is 1. The molecular weight excluding hydrogens is 713 g/mol. The van der Waals surface area contributed by atoms with E-state index in [1.807, 2.05) is 0 Å². The van der Waals surface area contributed by atoms with E-state index in [0.29, 0.717) is 17.2 Å². The first-order valence-corrected chi connectivity index (χ1v) is 20.0. The highest BCUT2D eigenvalue weighted by molar-refractivity contribution is 7.99. The number of hydrogen-bond donors (Lipinski definition) is 4. The van der Waals surface area contributed by atoms with Crippen molar-refractivity contribution in [1.29, 1.82) is 0 Å². The zero-order valence-corrected chi connectivity index (χ0v) is 31.2. The minimum absolute atomic E-state index is 0.0195. The number of hydrogen-bond acceptors (Lipinski definition) is 11. The predicted octanol–water partition coefficient (Wildman–Crippen LogP) is 1.24. The number of carbonyl (C=O) groups is 5. The molecule has 1 aromatic heterocycles. The van der Waals surface area contributed by atoms with Crippen molar-refractivity contribution in [3.63, 3.8) is 0 Å². The van der Waals surface area contributed by atoms with Crippen LogP contribution in [0.3, 0.4) is 0 Å². The van der Waals surface area contributed by atoms with Gasteiger partial charge >= 0.3 is 0 Å². The van der Waals surface area contributed by atoms with E-state index in [-0.39, 0.29) is 54.3 Å². The average Bonchev–Trinajstić information content (AvgIpc) is 3.80. The third-order valence-corrected chi connectivity index (χ3v) is 12.5. The van der Waals surface area contributed by atoms with Crippen LogP contribution in [0.5, 0.6) is 0 Å².